The van der Waals surface area contributed by atoms with Crippen molar-refractivity contribution in [3.8, 4) is 0 Å². The molecule has 0 heterocycles. The van der Waals surface area contributed by atoms with Crippen molar-refractivity contribution < 1.29 is 0 Å². The molecule has 1 heteroatoms. The molecule has 1 rings (SSSR count). The summed E-state index contributed by atoms with van der Waals surface area (Å²) in [5.74, 6) is 2.03. The third kappa shape index (κ3) is 4.91. The number of aryl methyl sites for hydroxylation is 1. The van der Waals surface area contributed by atoms with Crippen LogP contribution in [0.25, 0.3) is 0 Å². The zero-order valence-electron chi connectivity index (χ0n) is 12.0. The van der Waals surface area contributed by atoms with Gasteiger partial charge in [-0.25, -0.2) is 0 Å². The van der Waals surface area contributed by atoms with Gasteiger partial charge in [0.2, 0.25) is 0 Å². The van der Waals surface area contributed by atoms with Gasteiger partial charge in [-0.2, -0.15) is 0 Å². The first-order valence-corrected chi connectivity index (χ1v) is 6.78. The Balaban J connectivity index is 2.48. The summed E-state index contributed by atoms with van der Waals surface area (Å²) in [6.45, 7) is 13.6. The Kier molecular flexibility index (Phi) is 5.70. The largest absolute Gasteiger partial charge is 0.316 e. The van der Waals surface area contributed by atoms with E-state index in [0.717, 1.165) is 19.0 Å². The molecule has 96 valence electrons. The molecule has 0 radical (unpaired) electrons. The minimum Gasteiger partial charge on any atom is -0.316 e. The van der Waals surface area contributed by atoms with Gasteiger partial charge in [0.25, 0.3) is 0 Å². The summed E-state index contributed by atoms with van der Waals surface area (Å²) in [5.41, 5.74) is 2.82. The van der Waals surface area contributed by atoms with Gasteiger partial charge in [0, 0.05) is 0 Å². The molecule has 0 aliphatic carbocycles. The molecule has 0 amide bonds. The molecule has 0 aromatic heterocycles. The van der Waals surface area contributed by atoms with E-state index in [1.165, 1.54) is 11.1 Å². The van der Waals surface area contributed by atoms with Gasteiger partial charge in [0.1, 0.15) is 0 Å². The van der Waals surface area contributed by atoms with Crippen molar-refractivity contribution in [2.75, 3.05) is 13.1 Å². The summed E-state index contributed by atoms with van der Waals surface area (Å²) >= 11 is 0. The lowest BCUT2D eigenvalue weighted by Crippen LogP contribution is -2.27. The Bertz CT molecular complexity index is 330. The molecule has 0 saturated heterocycles. The highest BCUT2D eigenvalue weighted by molar-refractivity contribution is 5.25. The van der Waals surface area contributed by atoms with E-state index >= 15 is 0 Å². The maximum Gasteiger partial charge on any atom is -0.00173 e. The molecule has 0 aliphatic rings. The van der Waals surface area contributed by atoms with E-state index in [1.54, 1.807) is 0 Å². The van der Waals surface area contributed by atoms with Crippen LogP contribution in [0.5, 0.6) is 0 Å². The van der Waals surface area contributed by atoms with E-state index in [-0.39, 0.29) is 0 Å². The van der Waals surface area contributed by atoms with Crippen molar-refractivity contribution in [3.63, 3.8) is 0 Å². The van der Waals surface area contributed by atoms with Gasteiger partial charge >= 0.3 is 0 Å². The van der Waals surface area contributed by atoms with Crippen molar-refractivity contribution in [2.45, 2.75) is 40.5 Å². The van der Waals surface area contributed by atoms with Crippen LogP contribution in [0.1, 0.15) is 44.7 Å². The van der Waals surface area contributed by atoms with Crippen LogP contribution in [0.3, 0.4) is 0 Å². The topological polar surface area (TPSA) is 12.0 Å². The average molecular weight is 233 g/mol. The normalized spacial score (nSPS) is 14.9. The molecular weight excluding hydrogens is 206 g/mol. The van der Waals surface area contributed by atoms with Crippen LogP contribution in [0, 0.1) is 18.8 Å². The van der Waals surface area contributed by atoms with Gasteiger partial charge < -0.3 is 5.32 Å². The molecular formula is C16H27N. The molecule has 2 unspecified atom stereocenters. The first-order valence-electron chi connectivity index (χ1n) is 6.78. The van der Waals surface area contributed by atoms with Crippen LogP contribution in [0.15, 0.2) is 24.3 Å². The van der Waals surface area contributed by atoms with E-state index < -0.39 is 0 Å². The van der Waals surface area contributed by atoms with Gasteiger partial charge in [-0.3, -0.25) is 0 Å². The fourth-order valence-electron chi connectivity index (χ4n) is 2.06. The van der Waals surface area contributed by atoms with Crippen LogP contribution in [-0.2, 0) is 0 Å². The number of hydrogen-bond acceptors (Lipinski definition) is 1. The van der Waals surface area contributed by atoms with Crippen LogP contribution in [0.4, 0.5) is 0 Å². The molecule has 0 bridgehead atoms. The van der Waals surface area contributed by atoms with Crippen molar-refractivity contribution in [1.82, 2.24) is 5.32 Å². The highest BCUT2D eigenvalue weighted by atomic mass is 14.9. The second kappa shape index (κ2) is 6.80. The highest BCUT2D eigenvalue weighted by Crippen LogP contribution is 2.24. The van der Waals surface area contributed by atoms with Crippen molar-refractivity contribution in [1.29, 1.82) is 0 Å². The minimum absolute atomic E-state index is 0.620. The second-order valence-corrected chi connectivity index (χ2v) is 5.73. The fourth-order valence-corrected chi connectivity index (χ4v) is 2.06. The molecule has 0 saturated carbocycles. The molecule has 0 spiro atoms. The molecule has 1 aromatic rings. The number of rotatable bonds is 6. The maximum absolute atomic E-state index is 3.55. The number of hydrogen-bond donors (Lipinski definition) is 1. The van der Waals surface area contributed by atoms with Gasteiger partial charge in [0.05, 0.1) is 0 Å². The Morgan fingerprint density at radius 2 is 1.76 bits per heavy atom. The Labute approximate surface area is 107 Å². The molecule has 0 fully saturated rings. The highest BCUT2D eigenvalue weighted by Gasteiger charge is 2.14. The van der Waals surface area contributed by atoms with Crippen LogP contribution >= 0.6 is 0 Å². The maximum atomic E-state index is 3.55. The Hall–Kier alpha value is -0.820. The van der Waals surface area contributed by atoms with Gasteiger partial charge in [-0.15, -0.1) is 0 Å². The molecule has 1 aromatic carbocycles. The summed E-state index contributed by atoms with van der Waals surface area (Å²) < 4.78 is 0. The third-order valence-corrected chi connectivity index (χ3v) is 3.44. The average Bonchev–Trinajstić information content (AvgIpc) is 2.27. The Morgan fingerprint density at radius 3 is 2.35 bits per heavy atom. The zero-order chi connectivity index (χ0) is 12.8. The lowest BCUT2D eigenvalue weighted by molar-refractivity contribution is 0.428. The second-order valence-electron chi connectivity index (χ2n) is 5.73. The van der Waals surface area contributed by atoms with Gasteiger partial charge in [0.15, 0.2) is 0 Å². The third-order valence-electron chi connectivity index (χ3n) is 3.44. The van der Waals surface area contributed by atoms with Crippen LogP contribution in [0.2, 0.25) is 0 Å². The fraction of sp³-hybridized carbons (Fsp3) is 0.625. The lowest BCUT2D eigenvalue weighted by atomic mass is 9.88. The summed E-state index contributed by atoms with van der Waals surface area (Å²) in [5, 5.41) is 3.55. The quantitative estimate of drug-likeness (QED) is 0.783. The summed E-state index contributed by atoms with van der Waals surface area (Å²) in [7, 11) is 0. The molecule has 1 nitrogen and oxygen atoms in total. The SMILES string of the molecule is Cc1cccc(C(C)C(C)CNCC(C)C)c1. The first-order chi connectivity index (χ1) is 8.00. The van der Waals surface area contributed by atoms with Crippen molar-refractivity contribution in [3.05, 3.63) is 35.4 Å². The standard InChI is InChI=1S/C16H27N/c1-12(2)10-17-11-14(4)15(5)16-8-6-7-13(3)9-16/h6-9,12,14-15,17H,10-11H2,1-5H3. The van der Waals surface area contributed by atoms with E-state index in [9.17, 15) is 0 Å². The molecule has 2 atom stereocenters. The smallest absolute Gasteiger partial charge is 0.00173 e. The first kappa shape index (κ1) is 14.2. The predicted molar refractivity (Wildman–Crippen MR) is 76.5 cm³/mol. The van der Waals surface area contributed by atoms with E-state index in [4.69, 9.17) is 0 Å². The Morgan fingerprint density at radius 1 is 1.06 bits per heavy atom. The van der Waals surface area contributed by atoms with E-state index in [1.807, 2.05) is 0 Å². The summed E-state index contributed by atoms with van der Waals surface area (Å²) in [6, 6.07) is 8.88. The van der Waals surface area contributed by atoms with Crippen molar-refractivity contribution in [2.24, 2.45) is 11.8 Å². The van der Waals surface area contributed by atoms with Gasteiger partial charge in [-0.05, 0) is 43.3 Å². The summed E-state index contributed by atoms with van der Waals surface area (Å²) in [6.07, 6.45) is 0. The van der Waals surface area contributed by atoms with Crippen molar-refractivity contribution >= 4 is 0 Å². The molecule has 0 aliphatic heterocycles. The van der Waals surface area contributed by atoms with Crippen LogP contribution in [-0.4, -0.2) is 13.1 Å². The van der Waals surface area contributed by atoms with Gasteiger partial charge in [-0.1, -0.05) is 57.5 Å². The molecule has 17 heavy (non-hydrogen) atoms. The summed E-state index contributed by atoms with van der Waals surface area (Å²) in [4.78, 5) is 0. The zero-order valence-corrected chi connectivity index (χ0v) is 12.0. The number of benzene rings is 1. The minimum atomic E-state index is 0.620. The predicted octanol–water partition coefficient (Wildman–Crippen LogP) is 3.98. The van der Waals surface area contributed by atoms with Crippen LogP contribution < -0.4 is 5.32 Å². The van der Waals surface area contributed by atoms with E-state index in [2.05, 4.69) is 64.2 Å². The monoisotopic (exact) mass is 233 g/mol. The molecule has 1 N–H and O–H groups in total. The number of nitrogens with one attached hydrogen (secondary N) is 1. The van der Waals surface area contributed by atoms with E-state index in [0.29, 0.717) is 11.8 Å². The lowest BCUT2D eigenvalue weighted by Gasteiger charge is -2.21.